The van der Waals surface area contributed by atoms with Crippen LogP contribution in [0.2, 0.25) is 0 Å². The number of aryl methyl sites for hydroxylation is 1. The number of amides is 1. The minimum Gasteiger partial charge on any atom is -0.368 e. The summed E-state index contributed by atoms with van der Waals surface area (Å²) < 4.78 is 0. The Labute approximate surface area is 166 Å². The van der Waals surface area contributed by atoms with Crippen LogP contribution in [0.4, 0.5) is 11.5 Å². The van der Waals surface area contributed by atoms with E-state index in [9.17, 15) is 4.79 Å². The fourth-order valence-electron chi connectivity index (χ4n) is 4.14. The Morgan fingerprint density at radius 1 is 1.14 bits per heavy atom. The van der Waals surface area contributed by atoms with Gasteiger partial charge < -0.3 is 20.4 Å². The Balaban J connectivity index is 1.38. The molecule has 0 aliphatic carbocycles. The van der Waals surface area contributed by atoms with Gasteiger partial charge in [-0.1, -0.05) is 24.3 Å². The van der Waals surface area contributed by atoms with E-state index in [2.05, 4.69) is 62.7 Å². The van der Waals surface area contributed by atoms with Gasteiger partial charge in [0.15, 0.2) is 0 Å². The number of benzene rings is 1. The van der Waals surface area contributed by atoms with Crippen molar-refractivity contribution in [2.24, 2.45) is 5.92 Å². The first-order valence-corrected chi connectivity index (χ1v) is 10.2. The highest BCUT2D eigenvalue weighted by Gasteiger charge is 2.24. The molecule has 1 aromatic carbocycles. The molecule has 0 saturated carbocycles. The summed E-state index contributed by atoms with van der Waals surface area (Å²) in [5.41, 5.74) is 3.73. The average Bonchev–Trinajstić information content (AvgIpc) is 3.28. The monoisotopic (exact) mass is 379 g/mol. The number of nitrogens with one attached hydrogen (secondary N) is 2. The zero-order valence-electron chi connectivity index (χ0n) is 16.5. The summed E-state index contributed by atoms with van der Waals surface area (Å²) in [6, 6.07) is 12.6. The summed E-state index contributed by atoms with van der Waals surface area (Å²) in [6.45, 7) is 8.23. The second-order valence-corrected chi connectivity index (χ2v) is 7.65. The molecule has 1 atom stereocenters. The van der Waals surface area contributed by atoms with Gasteiger partial charge in [0.1, 0.15) is 5.82 Å². The van der Waals surface area contributed by atoms with Gasteiger partial charge in [-0.25, -0.2) is 4.98 Å². The van der Waals surface area contributed by atoms with E-state index in [1.165, 1.54) is 11.3 Å². The molecule has 1 amide bonds. The molecule has 6 heteroatoms. The zero-order chi connectivity index (χ0) is 19.3. The molecule has 28 heavy (non-hydrogen) atoms. The highest BCUT2D eigenvalue weighted by Crippen LogP contribution is 2.24. The van der Waals surface area contributed by atoms with Gasteiger partial charge in [-0.3, -0.25) is 4.79 Å². The fraction of sp³-hybridized carbons (Fsp3) is 0.455. The lowest BCUT2D eigenvalue weighted by Gasteiger charge is -2.38. The molecule has 2 aliphatic heterocycles. The second kappa shape index (κ2) is 8.61. The van der Waals surface area contributed by atoms with E-state index in [0.29, 0.717) is 6.54 Å². The largest absolute Gasteiger partial charge is 0.368 e. The van der Waals surface area contributed by atoms with E-state index in [1.807, 2.05) is 12.3 Å². The van der Waals surface area contributed by atoms with E-state index in [-0.39, 0.29) is 11.8 Å². The minimum atomic E-state index is 0.0952. The van der Waals surface area contributed by atoms with Crippen LogP contribution in [0.25, 0.3) is 0 Å². The first kappa shape index (κ1) is 18.7. The number of rotatable bonds is 5. The molecule has 148 valence electrons. The molecule has 0 spiro atoms. The Morgan fingerprint density at radius 2 is 1.93 bits per heavy atom. The van der Waals surface area contributed by atoms with Gasteiger partial charge in [0.25, 0.3) is 0 Å². The van der Waals surface area contributed by atoms with Crippen molar-refractivity contribution in [2.45, 2.75) is 19.9 Å². The number of carbonyl (C=O) groups is 1. The maximum Gasteiger partial charge on any atom is 0.224 e. The highest BCUT2D eigenvalue weighted by atomic mass is 16.1. The van der Waals surface area contributed by atoms with Crippen LogP contribution in [0.3, 0.4) is 0 Å². The first-order chi connectivity index (χ1) is 13.7. The van der Waals surface area contributed by atoms with Crippen molar-refractivity contribution >= 4 is 17.4 Å². The highest BCUT2D eigenvalue weighted by molar-refractivity contribution is 5.79. The van der Waals surface area contributed by atoms with Gasteiger partial charge in [0.2, 0.25) is 5.91 Å². The van der Waals surface area contributed by atoms with Gasteiger partial charge >= 0.3 is 0 Å². The summed E-state index contributed by atoms with van der Waals surface area (Å²) in [7, 11) is 0. The topological polar surface area (TPSA) is 60.5 Å². The Hall–Kier alpha value is -2.60. The number of aromatic nitrogens is 1. The Bertz CT molecular complexity index is 810. The standard InChI is InChI=1S/C22H29N5O/c1-17-5-2-3-7-20(17)26-11-13-27(14-12-26)21-18(6-4-9-24-21)16-25-22(28)19-8-10-23-15-19/h2-7,9,19,23H,8,10-16H2,1H3,(H,25,28). The maximum atomic E-state index is 12.3. The molecule has 0 bridgehead atoms. The van der Waals surface area contributed by atoms with Gasteiger partial charge in [0, 0.05) is 56.7 Å². The van der Waals surface area contributed by atoms with Crippen molar-refractivity contribution < 1.29 is 4.79 Å². The van der Waals surface area contributed by atoms with Crippen molar-refractivity contribution in [3.63, 3.8) is 0 Å². The van der Waals surface area contributed by atoms with Crippen LogP contribution in [0.5, 0.6) is 0 Å². The summed E-state index contributed by atoms with van der Waals surface area (Å²) >= 11 is 0. The lowest BCUT2D eigenvalue weighted by atomic mass is 10.1. The molecule has 1 aromatic heterocycles. The molecule has 6 nitrogen and oxygen atoms in total. The molecule has 2 fully saturated rings. The normalized spacial score (nSPS) is 19.7. The van der Waals surface area contributed by atoms with Gasteiger partial charge in [-0.15, -0.1) is 0 Å². The van der Waals surface area contributed by atoms with Crippen LogP contribution >= 0.6 is 0 Å². The number of hydrogen-bond donors (Lipinski definition) is 2. The van der Waals surface area contributed by atoms with Crippen molar-refractivity contribution in [1.82, 2.24) is 15.6 Å². The fourth-order valence-corrected chi connectivity index (χ4v) is 4.14. The van der Waals surface area contributed by atoms with Crippen molar-refractivity contribution in [2.75, 3.05) is 49.1 Å². The van der Waals surface area contributed by atoms with E-state index in [0.717, 1.165) is 57.1 Å². The van der Waals surface area contributed by atoms with Crippen LogP contribution in [-0.4, -0.2) is 50.2 Å². The van der Waals surface area contributed by atoms with Crippen molar-refractivity contribution in [3.8, 4) is 0 Å². The van der Waals surface area contributed by atoms with Crippen LogP contribution in [0.15, 0.2) is 42.6 Å². The number of piperazine rings is 1. The van der Waals surface area contributed by atoms with Crippen LogP contribution in [0, 0.1) is 12.8 Å². The number of nitrogens with zero attached hydrogens (tertiary/aromatic N) is 3. The third-order valence-corrected chi connectivity index (χ3v) is 5.79. The van der Waals surface area contributed by atoms with Crippen molar-refractivity contribution in [3.05, 3.63) is 53.7 Å². The smallest absolute Gasteiger partial charge is 0.224 e. The number of pyridine rings is 1. The van der Waals surface area contributed by atoms with Crippen LogP contribution < -0.4 is 20.4 Å². The van der Waals surface area contributed by atoms with E-state index < -0.39 is 0 Å². The van der Waals surface area contributed by atoms with Crippen molar-refractivity contribution in [1.29, 1.82) is 0 Å². The second-order valence-electron chi connectivity index (χ2n) is 7.65. The average molecular weight is 380 g/mol. The molecule has 3 heterocycles. The molecule has 2 saturated heterocycles. The third-order valence-electron chi connectivity index (χ3n) is 5.79. The molecule has 2 aliphatic rings. The zero-order valence-corrected chi connectivity index (χ0v) is 16.5. The maximum absolute atomic E-state index is 12.3. The molecule has 2 N–H and O–H groups in total. The number of hydrogen-bond acceptors (Lipinski definition) is 5. The molecule has 1 unspecified atom stereocenters. The molecular weight excluding hydrogens is 350 g/mol. The quantitative estimate of drug-likeness (QED) is 0.832. The Morgan fingerprint density at radius 3 is 2.68 bits per heavy atom. The summed E-state index contributed by atoms with van der Waals surface area (Å²) in [5, 5.41) is 6.36. The number of para-hydroxylation sites is 1. The first-order valence-electron chi connectivity index (χ1n) is 10.2. The number of anilines is 2. The predicted octanol–water partition coefficient (Wildman–Crippen LogP) is 1.94. The van der Waals surface area contributed by atoms with E-state index in [4.69, 9.17) is 0 Å². The minimum absolute atomic E-state index is 0.0952. The summed E-state index contributed by atoms with van der Waals surface area (Å²) in [6.07, 6.45) is 2.77. The van der Waals surface area contributed by atoms with Gasteiger partial charge in [-0.2, -0.15) is 0 Å². The summed E-state index contributed by atoms with van der Waals surface area (Å²) in [4.78, 5) is 21.8. The van der Waals surface area contributed by atoms with Crippen LogP contribution in [-0.2, 0) is 11.3 Å². The lowest BCUT2D eigenvalue weighted by molar-refractivity contribution is -0.124. The van der Waals surface area contributed by atoms with E-state index >= 15 is 0 Å². The lowest BCUT2D eigenvalue weighted by Crippen LogP contribution is -2.47. The van der Waals surface area contributed by atoms with Crippen LogP contribution in [0.1, 0.15) is 17.5 Å². The van der Waals surface area contributed by atoms with Gasteiger partial charge in [0.05, 0.1) is 5.92 Å². The summed E-state index contributed by atoms with van der Waals surface area (Å²) in [5.74, 6) is 1.23. The third kappa shape index (κ3) is 4.12. The molecule has 0 radical (unpaired) electrons. The molecule has 2 aromatic rings. The number of carbonyl (C=O) groups excluding carboxylic acids is 1. The molecule has 4 rings (SSSR count). The Kier molecular flexibility index (Phi) is 5.76. The van der Waals surface area contributed by atoms with Gasteiger partial charge in [-0.05, 0) is 37.6 Å². The SMILES string of the molecule is Cc1ccccc1N1CCN(c2ncccc2CNC(=O)C2CCNC2)CC1. The van der Waals surface area contributed by atoms with E-state index in [1.54, 1.807) is 0 Å². The predicted molar refractivity (Wildman–Crippen MR) is 113 cm³/mol. The molecular formula is C22H29N5O.